The standard InChI is InChI=1S/C27H24FNO/c1-4-17(5-2)21-14-18(28)15-22-19(21)10-11-29-26(22)24-13-16(3)12-23-20-8-6-7-9-25(20)30-27(23)24/h6-15,17H,4-5H2,1-3H3. The predicted octanol–water partition coefficient (Wildman–Crippen LogP) is 8.15. The summed E-state index contributed by atoms with van der Waals surface area (Å²) in [6, 6.07) is 17.6. The van der Waals surface area contributed by atoms with Gasteiger partial charge in [0.25, 0.3) is 0 Å². The second kappa shape index (κ2) is 7.24. The van der Waals surface area contributed by atoms with Crippen molar-refractivity contribution in [2.75, 3.05) is 0 Å². The maximum absolute atomic E-state index is 14.7. The molecule has 0 fully saturated rings. The lowest BCUT2D eigenvalue weighted by Crippen LogP contribution is -1.99. The molecule has 2 nitrogen and oxygen atoms in total. The van der Waals surface area contributed by atoms with E-state index in [4.69, 9.17) is 9.40 Å². The number of pyridine rings is 1. The molecule has 2 aromatic heterocycles. The predicted molar refractivity (Wildman–Crippen MR) is 122 cm³/mol. The molecular formula is C27H24FNO. The first-order valence-corrected chi connectivity index (χ1v) is 10.6. The Morgan fingerprint density at radius 1 is 0.900 bits per heavy atom. The summed E-state index contributed by atoms with van der Waals surface area (Å²) in [7, 11) is 0. The summed E-state index contributed by atoms with van der Waals surface area (Å²) in [6.07, 6.45) is 3.79. The van der Waals surface area contributed by atoms with E-state index >= 15 is 0 Å². The van der Waals surface area contributed by atoms with Crippen molar-refractivity contribution in [1.82, 2.24) is 4.98 Å². The Bertz CT molecular complexity index is 1390. The van der Waals surface area contributed by atoms with Crippen LogP contribution in [-0.2, 0) is 0 Å². The summed E-state index contributed by atoms with van der Waals surface area (Å²) in [6.45, 7) is 6.39. The number of furan rings is 1. The van der Waals surface area contributed by atoms with Crippen LogP contribution < -0.4 is 0 Å². The van der Waals surface area contributed by atoms with Crippen LogP contribution in [0.1, 0.15) is 43.7 Å². The Morgan fingerprint density at radius 2 is 1.70 bits per heavy atom. The fraction of sp³-hybridized carbons (Fsp3) is 0.222. The van der Waals surface area contributed by atoms with Gasteiger partial charge in [0.15, 0.2) is 0 Å². The number of para-hydroxylation sites is 1. The molecule has 5 aromatic rings. The third kappa shape index (κ3) is 2.88. The fourth-order valence-electron chi connectivity index (χ4n) is 4.71. The van der Waals surface area contributed by atoms with Gasteiger partial charge in [0, 0.05) is 27.9 Å². The van der Waals surface area contributed by atoms with Gasteiger partial charge in [-0.1, -0.05) is 32.0 Å². The molecule has 0 aliphatic rings. The average molecular weight is 397 g/mol. The van der Waals surface area contributed by atoms with Crippen molar-refractivity contribution in [2.24, 2.45) is 0 Å². The monoisotopic (exact) mass is 397 g/mol. The zero-order chi connectivity index (χ0) is 20.8. The van der Waals surface area contributed by atoms with Crippen LogP contribution in [0.15, 0.2) is 65.2 Å². The summed E-state index contributed by atoms with van der Waals surface area (Å²) >= 11 is 0. The van der Waals surface area contributed by atoms with Gasteiger partial charge in [0.2, 0.25) is 0 Å². The summed E-state index contributed by atoms with van der Waals surface area (Å²) in [5, 5.41) is 4.06. The maximum atomic E-state index is 14.7. The van der Waals surface area contributed by atoms with Crippen LogP contribution in [0, 0.1) is 12.7 Å². The van der Waals surface area contributed by atoms with E-state index in [0.29, 0.717) is 5.92 Å². The molecule has 0 saturated carbocycles. The molecule has 0 N–H and O–H groups in total. The Balaban J connectivity index is 1.87. The summed E-state index contributed by atoms with van der Waals surface area (Å²) in [4.78, 5) is 4.71. The third-order valence-corrected chi connectivity index (χ3v) is 6.18. The van der Waals surface area contributed by atoms with Gasteiger partial charge in [0.05, 0.1) is 5.69 Å². The van der Waals surface area contributed by atoms with Crippen molar-refractivity contribution >= 4 is 32.7 Å². The molecule has 0 atom stereocenters. The van der Waals surface area contributed by atoms with Gasteiger partial charge in [-0.2, -0.15) is 0 Å². The van der Waals surface area contributed by atoms with Gasteiger partial charge in [-0.25, -0.2) is 4.39 Å². The topological polar surface area (TPSA) is 26.0 Å². The summed E-state index contributed by atoms with van der Waals surface area (Å²) < 4.78 is 21.0. The lowest BCUT2D eigenvalue weighted by atomic mass is 9.88. The van der Waals surface area contributed by atoms with E-state index in [1.807, 2.05) is 30.5 Å². The van der Waals surface area contributed by atoms with E-state index < -0.39 is 0 Å². The molecular weight excluding hydrogens is 373 g/mol. The molecule has 0 aliphatic heterocycles. The maximum Gasteiger partial charge on any atom is 0.144 e. The number of rotatable bonds is 4. The molecule has 2 heterocycles. The minimum absolute atomic E-state index is 0.216. The van der Waals surface area contributed by atoms with Crippen LogP contribution in [0.5, 0.6) is 0 Å². The van der Waals surface area contributed by atoms with Gasteiger partial charge < -0.3 is 4.42 Å². The first-order chi connectivity index (χ1) is 14.6. The molecule has 150 valence electrons. The molecule has 3 heteroatoms. The number of aryl methyl sites for hydroxylation is 1. The second-order valence-electron chi connectivity index (χ2n) is 8.05. The van der Waals surface area contributed by atoms with Crippen LogP contribution >= 0.6 is 0 Å². The number of benzene rings is 3. The first kappa shape index (κ1) is 18.8. The van der Waals surface area contributed by atoms with Crippen LogP contribution in [0.3, 0.4) is 0 Å². The van der Waals surface area contributed by atoms with Crippen molar-refractivity contribution in [3.63, 3.8) is 0 Å². The molecule has 3 aromatic carbocycles. The molecule has 5 rings (SSSR count). The SMILES string of the molecule is CCC(CC)c1cc(F)cc2c(-c3cc(C)cc4c3oc3ccccc34)nccc12. The highest BCUT2D eigenvalue weighted by Gasteiger charge is 2.19. The van der Waals surface area contributed by atoms with Gasteiger partial charge in [0.1, 0.15) is 17.0 Å². The van der Waals surface area contributed by atoms with E-state index in [0.717, 1.165) is 67.9 Å². The number of aromatic nitrogens is 1. The quantitative estimate of drug-likeness (QED) is 0.306. The number of hydrogen-bond acceptors (Lipinski definition) is 2. The lowest BCUT2D eigenvalue weighted by molar-refractivity contribution is 0.610. The number of hydrogen-bond donors (Lipinski definition) is 0. The molecule has 0 radical (unpaired) electrons. The Kier molecular flexibility index (Phi) is 4.54. The highest BCUT2D eigenvalue weighted by molar-refractivity contribution is 6.12. The third-order valence-electron chi connectivity index (χ3n) is 6.18. The normalized spacial score (nSPS) is 11.9. The second-order valence-corrected chi connectivity index (χ2v) is 8.05. The minimum Gasteiger partial charge on any atom is -0.455 e. The molecule has 0 saturated heterocycles. The molecule has 0 bridgehead atoms. The molecule has 0 amide bonds. The van der Waals surface area contributed by atoms with Crippen molar-refractivity contribution in [2.45, 2.75) is 39.5 Å². The van der Waals surface area contributed by atoms with Gasteiger partial charge in [-0.05, 0) is 78.6 Å². The molecule has 0 unspecified atom stereocenters. The highest BCUT2D eigenvalue weighted by Crippen LogP contribution is 2.40. The smallest absolute Gasteiger partial charge is 0.144 e. The van der Waals surface area contributed by atoms with Crippen molar-refractivity contribution in [3.05, 3.63) is 77.7 Å². The number of nitrogens with zero attached hydrogens (tertiary/aromatic N) is 1. The Hall–Kier alpha value is -3.20. The van der Waals surface area contributed by atoms with Crippen LogP contribution in [0.4, 0.5) is 4.39 Å². The van der Waals surface area contributed by atoms with Crippen molar-refractivity contribution < 1.29 is 8.81 Å². The van der Waals surface area contributed by atoms with Crippen molar-refractivity contribution in [1.29, 1.82) is 0 Å². The lowest BCUT2D eigenvalue weighted by Gasteiger charge is -2.17. The van der Waals surface area contributed by atoms with E-state index in [-0.39, 0.29) is 5.82 Å². The molecule has 0 aliphatic carbocycles. The van der Waals surface area contributed by atoms with E-state index in [1.54, 1.807) is 12.1 Å². The largest absolute Gasteiger partial charge is 0.455 e. The van der Waals surface area contributed by atoms with E-state index in [2.05, 4.69) is 39.0 Å². The van der Waals surface area contributed by atoms with Crippen LogP contribution in [0.2, 0.25) is 0 Å². The first-order valence-electron chi connectivity index (χ1n) is 10.6. The van der Waals surface area contributed by atoms with Crippen LogP contribution in [-0.4, -0.2) is 4.98 Å². The van der Waals surface area contributed by atoms with Gasteiger partial charge in [-0.15, -0.1) is 0 Å². The minimum atomic E-state index is -0.216. The summed E-state index contributed by atoms with van der Waals surface area (Å²) in [5.41, 5.74) is 5.52. The van der Waals surface area contributed by atoms with E-state index in [9.17, 15) is 4.39 Å². The molecule has 0 spiro atoms. The fourth-order valence-corrected chi connectivity index (χ4v) is 4.71. The Morgan fingerprint density at radius 3 is 2.50 bits per heavy atom. The summed E-state index contributed by atoms with van der Waals surface area (Å²) in [5.74, 6) is 0.106. The van der Waals surface area contributed by atoms with Crippen molar-refractivity contribution in [3.8, 4) is 11.3 Å². The molecule has 30 heavy (non-hydrogen) atoms. The van der Waals surface area contributed by atoms with Gasteiger partial charge >= 0.3 is 0 Å². The van der Waals surface area contributed by atoms with E-state index in [1.165, 1.54) is 0 Å². The van der Waals surface area contributed by atoms with Gasteiger partial charge in [-0.3, -0.25) is 4.98 Å². The average Bonchev–Trinajstić information content (AvgIpc) is 3.12. The Labute approximate surface area is 175 Å². The van der Waals surface area contributed by atoms with Crippen LogP contribution in [0.25, 0.3) is 44.0 Å². The zero-order valence-electron chi connectivity index (χ0n) is 17.5. The zero-order valence-corrected chi connectivity index (χ0v) is 17.5. The highest BCUT2D eigenvalue weighted by atomic mass is 19.1. The number of fused-ring (bicyclic) bond motifs is 4. The number of halogens is 1.